The average Bonchev–Trinajstić information content (AvgIpc) is 2.66. The van der Waals surface area contributed by atoms with Crippen LogP contribution >= 0.6 is 31.9 Å². The number of rotatable bonds is 1. The first-order valence-electron chi connectivity index (χ1n) is 5.21. The number of nitrogen functional groups attached to an aromatic ring is 1. The highest BCUT2D eigenvalue weighted by molar-refractivity contribution is 9.11. The maximum Gasteiger partial charge on any atom is 0.206 e. The Kier molecular flexibility index (Phi) is 2.83. The van der Waals surface area contributed by atoms with Gasteiger partial charge in [0.05, 0.1) is 17.4 Å². The first kappa shape index (κ1) is 11.7. The molecule has 0 saturated heterocycles. The highest BCUT2D eigenvalue weighted by Crippen LogP contribution is 2.33. The van der Waals surface area contributed by atoms with Crippen molar-refractivity contribution in [3.63, 3.8) is 0 Å². The van der Waals surface area contributed by atoms with E-state index in [-0.39, 0.29) is 0 Å². The molecule has 90 valence electrons. The molecule has 0 bridgehead atoms. The van der Waals surface area contributed by atoms with Crippen molar-refractivity contribution >= 4 is 48.8 Å². The maximum atomic E-state index is 6.01. The Hall–Kier alpha value is -1.40. The Morgan fingerprint density at radius 3 is 2.56 bits per heavy atom. The van der Waals surface area contributed by atoms with E-state index in [1.165, 1.54) is 0 Å². The minimum absolute atomic E-state index is 0.436. The van der Waals surface area contributed by atoms with E-state index in [9.17, 15) is 0 Å². The van der Waals surface area contributed by atoms with Gasteiger partial charge in [-0.2, -0.15) is 0 Å². The Bertz CT molecular complexity index is 716. The van der Waals surface area contributed by atoms with Crippen molar-refractivity contribution in [2.75, 3.05) is 5.73 Å². The van der Waals surface area contributed by atoms with Gasteiger partial charge in [-0.25, -0.2) is 4.98 Å². The van der Waals surface area contributed by atoms with E-state index in [2.05, 4.69) is 41.8 Å². The smallest absolute Gasteiger partial charge is 0.206 e. The van der Waals surface area contributed by atoms with Gasteiger partial charge in [-0.3, -0.25) is 9.55 Å². The van der Waals surface area contributed by atoms with E-state index in [4.69, 9.17) is 5.73 Å². The van der Waals surface area contributed by atoms with Crippen LogP contribution in [0.5, 0.6) is 0 Å². The second-order valence-corrected chi connectivity index (χ2v) is 5.45. The molecule has 6 heteroatoms. The van der Waals surface area contributed by atoms with E-state index in [0.717, 1.165) is 25.7 Å². The molecule has 0 spiro atoms. The number of para-hydroxylation sites is 1. The molecule has 3 aromatic rings. The summed E-state index contributed by atoms with van der Waals surface area (Å²) < 4.78 is 3.78. The minimum Gasteiger partial charge on any atom is -0.369 e. The number of fused-ring (bicyclic) bond motifs is 1. The van der Waals surface area contributed by atoms with E-state index < -0.39 is 0 Å². The van der Waals surface area contributed by atoms with Gasteiger partial charge in [0, 0.05) is 15.1 Å². The van der Waals surface area contributed by atoms with Crippen molar-refractivity contribution < 1.29 is 0 Å². The molecular formula is C12H8Br2N4. The van der Waals surface area contributed by atoms with Crippen molar-refractivity contribution in [3.8, 4) is 5.69 Å². The first-order chi connectivity index (χ1) is 8.68. The minimum atomic E-state index is 0.436. The summed E-state index contributed by atoms with van der Waals surface area (Å²) in [6.45, 7) is 0. The number of aromatic nitrogens is 3. The number of hydrogen-bond acceptors (Lipinski definition) is 3. The van der Waals surface area contributed by atoms with Crippen molar-refractivity contribution in [1.29, 1.82) is 0 Å². The van der Waals surface area contributed by atoms with Crippen molar-refractivity contribution in [2.45, 2.75) is 0 Å². The van der Waals surface area contributed by atoms with Crippen molar-refractivity contribution in [1.82, 2.24) is 14.5 Å². The van der Waals surface area contributed by atoms with Crippen LogP contribution < -0.4 is 5.73 Å². The zero-order valence-corrected chi connectivity index (χ0v) is 12.3. The Balaban J connectivity index is 2.42. The summed E-state index contributed by atoms with van der Waals surface area (Å²) in [6, 6.07) is 7.78. The molecule has 0 saturated carbocycles. The number of hydrogen-bond donors (Lipinski definition) is 1. The Morgan fingerprint density at radius 1 is 1.11 bits per heavy atom. The van der Waals surface area contributed by atoms with E-state index in [1.807, 2.05) is 28.8 Å². The lowest BCUT2D eigenvalue weighted by molar-refractivity contribution is 1.09. The molecule has 2 heterocycles. The summed E-state index contributed by atoms with van der Waals surface area (Å²) in [7, 11) is 0. The van der Waals surface area contributed by atoms with Gasteiger partial charge >= 0.3 is 0 Å². The number of imidazole rings is 1. The lowest BCUT2D eigenvalue weighted by Crippen LogP contribution is -2.02. The van der Waals surface area contributed by atoms with Crippen LogP contribution in [-0.2, 0) is 0 Å². The van der Waals surface area contributed by atoms with E-state index >= 15 is 0 Å². The highest BCUT2D eigenvalue weighted by Gasteiger charge is 2.14. The summed E-state index contributed by atoms with van der Waals surface area (Å²) in [5.74, 6) is 0.436. The molecule has 18 heavy (non-hydrogen) atoms. The van der Waals surface area contributed by atoms with Crippen LogP contribution in [0.3, 0.4) is 0 Å². The molecule has 1 aromatic carbocycles. The SMILES string of the molecule is Nc1nc2cnccc2n1-c1c(Br)cccc1Br. The van der Waals surface area contributed by atoms with Gasteiger partial charge < -0.3 is 5.73 Å². The third kappa shape index (κ3) is 1.72. The number of pyridine rings is 1. The second-order valence-electron chi connectivity index (χ2n) is 3.74. The van der Waals surface area contributed by atoms with Gasteiger partial charge in [-0.15, -0.1) is 0 Å². The quantitative estimate of drug-likeness (QED) is 0.715. The predicted molar refractivity (Wildman–Crippen MR) is 78.7 cm³/mol. The van der Waals surface area contributed by atoms with Gasteiger partial charge in [0.2, 0.25) is 5.95 Å². The molecule has 0 radical (unpaired) electrons. The molecular weight excluding hydrogens is 360 g/mol. The van der Waals surface area contributed by atoms with Gasteiger partial charge in [-0.1, -0.05) is 6.07 Å². The fourth-order valence-electron chi connectivity index (χ4n) is 1.89. The maximum absolute atomic E-state index is 6.01. The Morgan fingerprint density at radius 2 is 1.83 bits per heavy atom. The van der Waals surface area contributed by atoms with Crippen LogP contribution in [0.15, 0.2) is 45.6 Å². The standard InChI is InChI=1S/C12H8Br2N4/c13-7-2-1-3-8(14)11(7)18-10-4-5-16-6-9(10)17-12(18)15/h1-6H,(H2,15,17). The lowest BCUT2D eigenvalue weighted by Gasteiger charge is -2.10. The molecule has 0 unspecified atom stereocenters. The summed E-state index contributed by atoms with van der Waals surface area (Å²) >= 11 is 7.08. The van der Waals surface area contributed by atoms with Gasteiger partial charge in [0.15, 0.2) is 0 Å². The molecule has 0 aliphatic heterocycles. The molecule has 4 nitrogen and oxygen atoms in total. The first-order valence-corrected chi connectivity index (χ1v) is 6.79. The van der Waals surface area contributed by atoms with E-state index in [1.54, 1.807) is 12.4 Å². The molecule has 0 fully saturated rings. The average molecular weight is 368 g/mol. The monoisotopic (exact) mass is 366 g/mol. The van der Waals surface area contributed by atoms with Gasteiger partial charge in [0.25, 0.3) is 0 Å². The zero-order valence-electron chi connectivity index (χ0n) is 9.14. The highest BCUT2D eigenvalue weighted by atomic mass is 79.9. The van der Waals surface area contributed by atoms with Crippen LogP contribution in [0.2, 0.25) is 0 Å². The number of benzene rings is 1. The normalized spacial score (nSPS) is 11.0. The fourth-order valence-corrected chi connectivity index (χ4v) is 3.24. The van der Waals surface area contributed by atoms with E-state index in [0.29, 0.717) is 5.95 Å². The number of nitrogens with two attached hydrogens (primary N) is 1. The van der Waals surface area contributed by atoms with Crippen LogP contribution in [0, 0.1) is 0 Å². The van der Waals surface area contributed by atoms with Gasteiger partial charge in [-0.05, 0) is 50.1 Å². The van der Waals surface area contributed by atoms with Crippen LogP contribution in [0.1, 0.15) is 0 Å². The molecule has 3 rings (SSSR count). The molecule has 0 aliphatic carbocycles. The number of nitrogens with zero attached hydrogens (tertiary/aromatic N) is 3. The number of anilines is 1. The molecule has 2 N–H and O–H groups in total. The summed E-state index contributed by atoms with van der Waals surface area (Å²) in [6.07, 6.45) is 3.43. The Labute approximate surface area is 120 Å². The number of halogens is 2. The van der Waals surface area contributed by atoms with Crippen LogP contribution in [-0.4, -0.2) is 14.5 Å². The molecule has 2 aromatic heterocycles. The molecule has 0 atom stereocenters. The van der Waals surface area contributed by atoms with Crippen LogP contribution in [0.25, 0.3) is 16.7 Å². The third-order valence-electron chi connectivity index (χ3n) is 2.64. The third-order valence-corrected chi connectivity index (χ3v) is 3.92. The lowest BCUT2D eigenvalue weighted by atomic mass is 10.3. The zero-order chi connectivity index (χ0) is 12.7. The molecule has 0 aliphatic rings. The largest absolute Gasteiger partial charge is 0.369 e. The summed E-state index contributed by atoms with van der Waals surface area (Å²) in [4.78, 5) is 8.36. The molecule has 0 amide bonds. The van der Waals surface area contributed by atoms with Crippen molar-refractivity contribution in [2.24, 2.45) is 0 Å². The summed E-state index contributed by atoms with van der Waals surface area (Å²) in [5, 5.41) is 0. The topological polar surface area (TPSA) is 56.7 Å². The van der Waals surface area contributed by atoms with Crippen LogP contribution in [0.4, 0.5) is 5.95 Å². The van der Waals surface area contributed by atoms with Crippen molar-refractivity contribution in [3.05, 3.63) is 45.6 Å². The fraction of sp³-hybridized carbons (Fsp3) is 0. The predicted octanol–water partition coefficient (Wildman–Crippen LogP) is 3.53. The summed E-state index contributed by atoms with van der Waals surface area (Å²) in [5.41, 5.74) is 8.64. The van der Waals surface area contributed by atoms with Gasteiger partial charge in [0.1, 0.15) is 5.52 Å². The second kappa shape index (κ2) is 4.37.